The fraction of sp³-hybridized carbons (Fsp3) is 0.455. The predicted octanol–water partition coefficient (Wildman–Crippen LogP) is 2.59. The van der Waals surface area contributed by atoms with Crippen LogP contribution in [0.1, 0.15) is 29.0 Å². The topological polar surface area (TPSA) is 34.1 Å². The van der Waals surface area contributed by atoms with Crippen LogP contribution in [-0.4, -0.2) is 14.2 Å². The van der Waals surface area contributed by atoms with Crippen molar-refractivity contribution in [2.24, 2.45) is 0 Å². The van der Waals surface area contributed by atoms with E-state index in [1.807, 2.05) is 12.1 Å². The van der Waals surface area contributed by atoms with Gasteiger partial charge in [-0.2, -0.15) is 0 Å². The van der Waals surface area contributed by atoms with E-state index < -0.39 is 9.05 Å². The van der Waals surface area contributed by atoms with E-state index in [4.69, 9.17) is 10.7 Å². The number of aryl methyl sites for hydroxylation is 1. The Morgan fingerprint density at radius 2 is 2.20 bits per heavy atom. The Balaban J connectivity index is 2.33. The fourth-order valence-electron chi connectivity index (χ4n) is 2.34. The first-order chi connectivity index (χ1) is 6.97. The van der Waals surface area contributed by atoms with E-state index in [9.17, 15) is 8.42 Å². The van der Waals surface area contributed by atoms with E-state index >= 15 is 0 Å². The van der Waals surface area contributed by atoms with E-state index in [2.05, 4.69) is 13.0 Å². The van der Waals surface area contributed by atoms with Crippen molar-refractivity contribution in [1.29, 1.82) is 0 Å². The van der Waals surface area contributed by atoms with Gasteiger partial charge in [-0.05, 0) is 42.4 Å². The van der Waals surface area contributed by atoms with E-state index in [0.29, 0.717) is 0 Å². The quantitative estimate of drug-likeness (QED) is 0.750. The van der Waals surface area contributed by atoms with Gasteiger partial charge < -0.3 is 0 Å². The first-order valence-corrected chi connectivity index (χ1v) is 7.46. The van der Waals surface area contributed by atoms with Gasteiger partial charge in [0.1, 0.15) is 0 Å². The molecule has 0 aromatic heterocycles. The average molecular weight is 245 g/mol. The molecule has 1 aliphatic carbocycles. The third-order valence-electron chi connectivity index (χ3n) is 3.03. The first-order valence-electron chi connectivity index (χ1n) is 4.98. The van der Waals surface area contributed by atoms with Crippen LogP contribution in [0, 0.1) is 6.92 Å². The molecule has 1 aromatic carbocycles. The van der Waals surface area contributed by atoms with Crippen molar-refractivity contribution in [3.63, 3.8) is 0 Å². The maximum absolute atomic E-state index is 11.0. The van der Waals surface area contributed by atoms with Gasteiger partial charge in [-0.3, -0.25) is 0 Å². The Labute approximate surface area is 94.7 Å². The molecule has 4 heteroatoms. The summed E-state index contributed by atoms with van der Waals surface area (Å²) in [4.78, 5) is 0. The first kappa shape index (κ1) is 11.0. The Hall–Kier alpha value is -0.540. The zero-order chi connectivity index (χ0) is 11.1. The molecule has 0 radical (unpaired) electrons. The van der Waals surface area contributed by atoms with Gasteiger partial charge in [0.05, 0.1) is 5.75 Å². The van der Waals surface area contributed by atoms with Gasteiger partial charge in [0.2, 0.25) is 9.05 Å². The zero-order valence-corrected chi connectivity index (χ0v) is 10.1. The molecular weight excluding hydrogens is 232 g/mol. The molecule has 1 aliphatic rings. The molecule has 1 aromatic rings. The maximum Gasteiger partial charge on any atom is 0.233 e. The normalized spacial score (nSPS) is 20.3. The molecule has 0 saturated heterocycles. The van der Waals surface area contributed by atoms with Crippen molar-refractivity contribution in [2.75, 3.05) is 5.75 Å². The Kier molecular flexibility index (Phi) is 2.77. The molecule has 0 heterocycles. The summed E-state index contributed by atoms with van der Waals surface area (Å²) in [5.41, 5.74) is 3.73. The zero-order valence-electron chi connectivity index (χ0n) is 8.53. The summed E-state index contributed by atoms with van der Waals surface area (Å²) in [6.45, 7) is 2.07. The van der Waals surface area contributed by atoms with Crippen molar-refractivity contribution in [2.45, 2.75) is 25.7 Å². The average Bonchev–Trinajstić information content (AvgIpc) is 2.48. The van der Waals surface area contributed by atoms with Gasteiger partial charge in [0, 0.05) is 10.7 Å². The molecule has 0 fully saturated rings. The molecular formula is C11H13ClO2S. The van der Waals surface area contributed by atoms with Gasteiger partial charge in [0.15, 0.2) is 0 Å². The van der Waals surface area contributed by atoms with Crippen LogP contribution < -0.4 is 0 Å². The summed E-state index contributed by atoms with van der Waals surface area (Å²) in [6.07, 6.45) is 1.87. The van der Waals surface area contributed by atoms with Crippen LogP contribution in [0.5, 0.6) is 0 Å². The molecule has 0 amide bonds. The van der Waals surface area contributed by atoms with E-state index in [0.717, 1.165) is 12.8 Å². The third-order valence-corrected chi connectivity index (χ3v) is 4.21. The van der Waals surface area contributed by atoms with E-state index in [1.165, 1.54) is 16.7 Å². The lowest BCUT2D eigenvalue weighted by atomic mass is 10.0. The van der Waals surface area contributed by atoms with Crippen LogP contribution in [0.15, 0.2) is 18.2 Å². The minimum Gasteiger partial charge on any atom is -0.212 e. The lowest BCUT2D eigenvalue weighted by Crippen LogP contribution is -2.07. The van der Waals surface area contributed by atoms with Crippen LogP contribution in [0.2, 0.25) is 0 Å². The SMILES string of the molecule is Cc1cccc2c1CCC2CS(=O)(=O)Cl. The maximum atomic E-state index is 11.0. The van der Waals surface area contributed by atoms with Crippen LogP contribution in [0.4, 0.5) is 0 Å². The van der Waals surface area contributed by atoms with Gasteiger partial charge in [-0.25, -0.2) is 8.42 Å². The minimum atomic E-state index is -3.39. The van der Waals surface area contributed by atoms with Crippen molar-refractivity contribution in [1.82, 2.24) is 0 Å². The smallest absolute Gasteiger partial charge is 0.212 e. The Bertz CT molecular complexity index is 479. The highest BCUT2D eigenvalue weighted by Crippen LogP contribution is 2.36. The highest BCUT2D eigenvalue weighted by molar-refractivity contribution is 8.13. The molecule has 15 heavy (non-hydrogen) atoms. The molecule has 2 rings (SSSR count). The van der Waals surface area contributed by atoms with Crippen LogP contribution in [0.3, 0.4) is 0 Å². The Morgan fingerprint density at radius 3 is 2.87 bits per heavy atom. The lowest BCUT2D eigenvalue weighted by Gasteiger charge is -2.09. The summed E-state index contributed by atoms with van der Waals surface area (Å²) in [6, 6.07) is 6.06. The summed E-state index contributed by atoms with van der Waals surface area (Å²) >= 11 is 0. The highest BCUT2D eigenvalue weighted by atomic mass is 35.7. The standard InChI is InChI=1S/C11H13ClO2S/c1-8-3-2-4-11-9(5-6-10(8)11)7-15(12,13)14/h2-4,9H,5-7H2,1H3. The molecule has 1 unspecified atom stereocenters. The predicted molar refractivity (Wildman–Crippen MR) is 61.9 cm³/mol. The van der Waals surface area contributed by atoms with Gasteiger partial charge in [-0.1, -0.05) is 18.2 Å². The van der Waals surface area contributed by atoms with E-state index in [1.54, 1.807) is 0 Å². The van der Waals surface area contributed by atoms with Crippen molar-refractivity contribution in [3.05, 3.63) is 34.9 Å². The summed E-state index contributed by atoms with van der Waals surface area (Å²) in [5.74, 6) is 0.146. The minimum absolute atomic E-state index is 0.0605. The monoisotopic (exact) mass is 244 g/mol. The molecule has 0 saturated carbocycles. The van der Waals surface area contributed by atoms with Crippen LogP contribution in [-0.2, 0) is 15.5 Å². The molecule has 82 valence electrons. The second-order valence-corrected chi connectivity index (χ2v) is 6.91. The summed E-state index contributed by atoms with van der Waals surface area (Å²) in [7, 11) is 1.90. The van der Waals surface area contributed by atoms with Crippen LogP contribution in [0.25, 0.3) is 0 Å². The number of fused-ring (bicyclic) bond motifs is 1. The highest BCUT2D eigenvalue weighted by Gasteiger charge is 2.27. The van der Waals surface area contributed by atoms with Crippen molar-refractivity contribution >= 4 is 19.7 Å². The fourth-order valence-corrected chi connectivity index (χ4v) is 3.62. The van der Waals surface area contributed by atoms with Crippen molar-refractivity contribution < 1.29 is 8.42 Å². The molecule has 0 aliphatic heterocycles. The Morgan fingerprint density at radius 1 is 1.47 bits per heavy atom. The molecule has 0 N–H and O–H groups in total. The van der Waals surface area contributed by atoms with Gasteiger partial charge in [-0.15, -0.1) is 0 Å². The largest absolute Gasteiger partial charge is 0.233 e. The number of benzene rings is 1. The molecule has 1 atom stereocenters. The lowest BCUT2D eigenvalue weighted by molar-refractivity contribution is 0.600. The summed E-state index contributed by atoms with van der Waals surface area (Å²) < 4.78 is 22.1. The molecule has 0 bridgehead atoms. The number of hydrogen-bond donors (Lipinski definition) is 0. The van der Waals surface area contributed by atoms with Gasteiger partial charge in [0.25, 0.3) is 0 Å². The number of halogens is 1. The number of rotatable bonds is 2. The van der Waals surface area contributed by atoms with E-state index in [-0.39, 0.29) is 11.7 Å². The van der Waals surface area contributed by atoms with Crippen molar-refractivity contribution in [3.8, 4) is 0 Å². The van der Waals surface area contributed by atoms with Gasteiger partial charge >= 0.3 is 0 Å². The number of hydrogen-bond acceptors (Lipinski definition) is 2. The summed E-state index contributed by atoms with van der Waals surface area (Å²) in [5, 5.41) is 0. The second kappa shape index (κ2) is 3.80. The molecule has 2 nitrogen and oxygen atoms in total. The second-order valence-electron chi connectivity index (χ2n) is 4.08. The third kappa shape index (κ3) is 2.34. The molecule has 0 spiro atoms. The van der Waals surface area contributed by atoms with Crippen LogP contribution >= 0.6 is 10.7 Å².